The molecule has 3 N–H and O–H groups in total. The molecule has 2 aromatic rings. The molecule has 2 aromatic heterocycles. The summed E-state index contributed by atoms with van der Waals surface area (Å²) in [5.74, 6) is -0.409. The second-order valence-corrected chi connectivity index (χ2v) is 5.94. The average Bonchev–Trinajstić information content (AvgIpc) is 2.98. The number of carbonyl (C=O) groups excluding carboxylic acids is 3. The van der Waals surface area contributed by atoms with Gasteiger partial charge in [-0.1, -0.05) is 16.9 Å². The second-order valence-electron chi connectivity index (χ2n) is 4.97. The fourth-order valence-electron chi connectivity index (χ4n) is 1.79. The standard InChI is InChI=1S/C15H16N4O5S/c1-8-6-10(19-24-8)7-25-13-11(4-3-5-17-13)14(21)23-9(2)12(20)18-15(16)22/h3-6,9H,7H2,1-2H3,(H3,16,18,20,22)/t9-/m0/s1. The summed E-state index contributed by atoms with van der Waals surface area (Å²) >= 11 is 1.28. The number of aryl methyl sites for hydroxylation is 1. The van der Waals surface area contributed by atoms with Crippen LogP contribution in [0.2, 0.25) is 0 Å². The zero-order valence-electron chi connectivity index (χ0n) is 13.5. The zero-order chi connectivity index (χ0) is 18.4. The van der Waals surface area contributed by atoms with E-state index in [1.54, 1.807) is 19.1 Å². The lowest BCUT2D eigenvalue weighted by Crippen LogP contribution is -2.42. The minimum Gasteiger partial charge on any atom is -0.449 e. The quantitative estimate of drug-likeness (QED) is 0.580. The monoisotopic (exact) mass is 364 g/mol. The molecule has 3 amide bonds. The van der Waals surface area contributed by atoms with Gasteiger partial charge in [0.05, 0.1) is 11.3 Å². The minimum atomic E-state index is -1.18. The van der Waals surface area contributed by atoms with Crippen LogP contribution in [0, 0.1) is 6.92 Å². The van der Waals surface area contributed by atoms with Crippen LogP contribution in [0.1, 0.15) is 28.7 Å². The van der Waals surface area contributed by atoms with Gasteiger partial charge in [0.15, 0.2) is 6.10 Å². The summed E-state index contributed by atoms with van der Waals surface area (Å²) in [5, 5.41) is 6.14. The first kappa shape index (κ1) is 18.5. The second kappa shape index (κ2) is 8.29. The molecular formula is C15H16N4O5S. The number of nitrogens with zero attached hydrogens (tertiary/aromatic N) is 2. The molecule has 2 heterocycles. The maximum atomic E-state index is 12.3. The largest absolute Gasteiger partial charge is 0.449 e. The van der Waals surface area contributed by atoms with Crippen LogP contribution < -0.4 is 11.1 Å². The van der Waals surface area contributed by atoms with Crippen LogP contribution in [0.5, 0.6) is 0 Å². The van der Waals surface area contributed by atoms with Crippen molar-refractivity contribution in [1.29, 1.82) is 0 Å². The first-order chi connectivity index (χ1) is 11.9. The van der Waals surface area contributed by atoms with Gasteiger partial charge in [-0.2, -0.15) is 0 Å². The number of carbonyl (C=O) groups is 3. The summed E-state index contributed by atoms with van der Waals surface area (Å²) < 4.78 is 10.0. The highest BCUT2D eigenvalue weighted by Crippen LogP contribution is 2.24. The molecule has 1 atom stereocenters. The van der Waals surface area contributed by atoms with Crippen molar-refractivity contribution in [3.05, 3.63) is 41.4 Å². The van der Waals surface area contributed by atoms with E-state index < -0.39 is 24.0 Å². The highest BCUT2D eigenvalue weighted by Gasteiger charge is 2.22. The third-order valence-electron chi connectivity index (χ3n) is 2.92. The Morgan fingerprint density at radius 2 is 2.20 bits per heavy atom. The summed E-state index contributed by atoms with van der Waals surface area (Å²) in [5.41, 5.74) is 5.77. The normalized spacial score (nSPS) is 11.6. The van der Waals surface area contributed by atoms with Gasteiger partial charge in [-0.25, -0.2) is 14.6 Å². The van der Waals surface area contributed by atoms with E-state index in [1.165, 1.54) is 30.9 Å². The lowest BCUT2D eigenvalue weighted by Gasteiger charge is -2.13. The third-order valence-corrected chi connectivity index (χ3v) is 3.96. The fraction of sp³-hybridized carbons (Fsp3) is 0.267. The number of primary amides is 1. The van der Waals surface area contributed by atoms with Crippen LogP contribution >= 0.6 is 11.8 Å². The van der Waals surface area contributed by atoms with E-state index in [4.69, 9.17) is 15.0 Å². The number of ether oxygens (including phenoxy) is 1. The van der Waals surface area contributed by atoms with Crippen molar-refractivity contribution in [2.45, 2.75) is 30.7 Å². The van der Waals surface area contributed by atoms with Gasteiger partial charge in [-0.15, -0.1) is 0 Å². The Kier molecular flexibility index (Phi) is 6.12. The van der Waals surface area contributed by atoms with Crippen molar-refractivity contribution >= 4 is 29.7 Å². The molecule has 0 aliphatic rings. The smallest absolute Gasteiger partial charge is 0.341 e. The predicted molar refractivity (Wildman–Crippen MR) is 87.6 cm³/mol. The van der Waals surface area contributed by atoms with E-state index in [0.29, 0.717) is 22.2 Å². The van der Waals surface area contributed by atoms with Crippen molar-refractivity contribution in [2.75, 3.05) is 0 Å². The van der Waals surface area contributed by atoms with Crippen LogP contribution in [-0.4, -0.2) is 34.2 Å². The number of esters is 1. The third kappa shape index (κ3) is 5.31. The number of nitrogens with two attached hydrogens (primary N) is 1. The molecule has 132 valence electrons. The Labute approximate surface area is 147 Å². The summed E-state index contributed by atoms with van der Waals surface area (Å²) in [7, 11) is 0. The van der Waals surface area contributed by atoms with Gasteiger partial charge in [-0.3, -0.25) is 10.1 Å². The van der Waals surface area contributed by atoms with Gasteiger partial charge in [0.25, 0.3) is 5.91 Å². The van der Waals surface area contributed by atoms with E-state index in [2.05, 4.69) is 10.1 Å². The number of hydrogen-bond acceptors (Lipinski definition) is 8. The Bertz CT molecular complexity index is 792. The Morgan fingerprint density at radius 3 is 2.84 bits per heavy atom. The average molecular weight is 364 g/mol. The number of rotatable bonds is 6. The Hall–Kier alpha value is -2.88. The minimum absolute atomic E-state index is 0.200. The molecule has 0 radical (unpaired) electrons. The number of pyridine rings is 1. The van der Waals surface area contributed by atoms with Gasteiger partial charge >= 0.3 is 12.0 Å². The van der Waals surface area contributed by atoms with Crippen molar-refractivity contribution in [3.63, 3.8) is 0 Å². The molecule has 10 heteroatoms. The molecular weight excluding hydrogens is 348 g/mol. The Morgan fingerprint density at radius 1 is 1.44 bits per heavy atom. The molecule has 0 aliphatic carbocycles. The molecule has 0 unspecified atom stereocenters. The predicted octanol–water partition coefficient (Wildman–Crippen LogP) is 1.41. The van der Waals surface area contributed by atoms with Gasteiger partial charge in [0, 0.05) is 18.0 Å². The number of hydrogen-bond donors (Lipinski definition) is 2. The number of urea groups is 1. The lowest BCUT2D eigenvalue weighted by molar-refractivity contribution is -0.127. The van der Waals surface area contributed by atoms with Crippen molar-refractivity contribution in [2.24, 2.45) is 5.73 Å². The summed E-state index contributed by atoms with van der Waals surface area (Å²) in [6.45, 7) is 3.11. The highest BCUT2D eigenvalue weighted by molar-refractivity contribution is 7.98. The molecule has 9 nitrogen and oxygen atoms in total. The van der Waals surface area contributed by atoms with E-state index >= 15 is 0 Å². The van der Waals surface area contributed by atoms with E-state index in [9.17, 15) is 14.4 Å². The summed E-state index contributed by atoms with van der Waals surface area (Å²) in [6, 6.07) is 3.87. The number of imide groups is 1. The molecule has 0 saturated heterocycles. The summed E-state index contributed by atoms with van der Waals surface area (Å²) in [6.07, 6.45) is 0.354. The molecule has 2 rings (SSSR count). The lowest BCUT2D eigenvalue weighted by atomic mass is 10.3. The van der Waals surface area contributed by atoms with Crippen molar-refractivity contribution < 1.29 is 23.6 Å². The van der Waals surface area contributed by atoms with Crippen LogP contribution in [0.3, 0.4) is 0 Å². The summed E-state index contributed by atoms with van der Waals surface area (Å²) in [4.78, 5) is 38.7. The zero-order valence-corrected chi connectivity index (χ0v) is 14.3. The van der Waals surface area contributed by atoms with E-state index in [0.717, 1.165) is 0 Å². The number of nitrogens with one attached hydrogen (secondary N) is 1. The van der Waals surface area contributed by atoms with Crippen LogP contribution in [0.15, 0.2) is 33.9 Å². The number of aromatic nitrogens is 2. The van der Waals surface area contributed by atoms with Crippen molar-refractivity contribution in [1.82, 2.24) is 15.5 Å². The van der Waals surface area contributed by atoms with Crippen LogP contribution in [-0.2, 0) is 15.3 Å². The molecule has 0 bridgehead atoms. The maximum Gasteiger partial charge on any atom is 0.341 e. The molecule has 0 aromatic carbocycles. The SMILES string of the molecule is Cc1cc(CSc2ncccc2C(=O)O[C@@H](C)C(=O)NC(N)=O)no1. The molecule has 25 heavy (non-hydrogen) atoms. The molecule has 0 spiro atoms. The van der Waals surface area contributed by atoms with Crippen LogP contribution in [0.25, 0.3) is 0 Å². The Balaban J connectivity index is 2.04. The number of amides is 3. The van der Waals surface area contributed by atoms with Gasteiger partial charge < -0.3 is 15.0 Å². The number of thioether (sulfide) groups is 1. The molecule has 0 aliphatic heterocycles. The first-order valence-corrected chi connectivity index (χ1v) is 8.16. The van der Waals surface area contributed by atoms with Gasteiger partial charge in [0.1, 0.15) is 10.8 Å². The van der Waals surface area contributed by atoms with Gasteiger partial charge in [-0.05, 0) is 26.0 Å². The first-order valence-electron chi connectivity index (χ1n) is 7.18. The topological polar surface area (TPSA) is 137 Å². The van der Waals surface area contributed by atoms with E-state index in [-0.39, 0.29) is 5.56 Å². The highest BCUT2D eigenvalue weighted by atomic mass is 32.2. The molecule has 0 saturated carbocycles. The van der Waals surface area contributed by atoms with Crippen LogP contribution in [0.4, 0.5) is 4.79 Å². The molecule has 0 fully saturated rings. The van der Waals surface area contributed by atoms with E-state index in [1.807, 2.05) is 5.32 Å². The maximum absolute atomic E-state index is 12.3. The fourth-order valence-corrected chi connectivity index (χ4v) is 2.65. The van der Waals surface area contributed by atoms with Gasteiger partial charge in [0.2, 0.25) is 0 Å². The van der Waals surface area contributed by atoms with Crippen molar-refractivity contribution in [3.8, 4) is 0 Å².